The van der Waals surface area contributed by atoms with Crippen molar-refractivity contribution < 1.29 is 14.4 Å². The van der Waals surface area contributed by atoms with Gasteiger partial charge in [0.25, 0.3) is 11.8 Å². The highest BCUT2D eigenvalue weighted by Gasteiger charge is 2.40. The van der Waals surface area contributed by atoms with Crippen molar-refractivity contribution in [2.45, 2.75) is 38.8 Å². The number of rotatable bonds is 4. The molecule has 7 heteroatoms. The molecule has 2 aliphatic rings. The zero-order valence-corrected chi connectivity index (χ0v) is 16.2. The van der Waals surface area contributed by atoms with Crippen molar-refractivity contribution in [1.29, 1.82) is 0 Å². The van der Waals surface area contributed by atoms with Gasteiger partial charge in [-0.2, -0.15) is 0 Å². The van der Waals surface area contributed by atoms with Crippen LogP contribution in [0.15, 0.2) is 35.9 Å². The Morgan fingerprint density at radius 1 is 1.08 bits per heavy atom. The minimum Gasteiger partial charge on any atom is -0.350 e. The fraction of sp³-hybridized carbons (Fsp3) is 0.421. The van der Waals surface area contributed by atoms with E-state index in [1.165, 1.54) is 4.90 Å². The summed E-state index contributed by atoms with van der Waals surface area (Å²) in [6.07, 6.45) is 1.92. The Kier molecular flexibility index (Phi) is 5.31. The lowest BCUT2D eigenvalue weighted by atomic mass is 9.96. The standard InChI is InChI=1S/C19H23N3O3.ClH/c1-18(2)11-14(19(3,4)21-18)15(23)20-9-10-22-16(24)12-7-5-6-8-13(12)17(22)25;/h5-8,11,21H,9-10H2,1-4H3,(H,20,23);1H. The third kappa shape index (κ3) is 3.52. The number of hydrogen-bond acceptors (Lipinski definition) is 4. The number of carbonyl (C=O) groups is 3. The predicted octanol–water partition coefficient (Wildman–Crippen LogP) is 1.91. The normalized spacial score (nSPS) is 19.7. The van der Waals surface area contributed by atoms with E-state index in [0.717, 1.165) is 0 Å². The van der Waals surface area contributed by atoms with E-state index in [4.69, 9.17) is 0 Å². The molecule has 1 aromatic rings. The van der Waals surface area contributed by atoms with Crippen LogP contribution in [0.2, 0.25) is 0 Å². The number of halogens is 1. The maximum atomic E-state index is 12.5. The fourth-order valence-electron chi connectivity index (χ4n) is 3.62. The van der Waals surface area contributed by atoms with Gasteiger partial charge in [0, 0.05) is 29.7 Å². The molecule has 2 heterocycles. The molecule has 26 heavy (non-hydrogen) atoms. The average molecular weight is 378 g/mol. The summed E-state index contributed by atoms with van der Waals surface area (Å²) in [5, 5.41) is 6.21. The van der Waals surface area contributed by atoms with Crippen LogP contribution in [-0.2, 0) is 4.79 Å². The summed E-state index contributed by atoms with van der Waals surface area (Å²) in [5.74, 6) is -0.796. The van der Waals surface area contributed by atoms with Gasteiger partial charge in [-0.25, -0.2) is 0 Å². The number of benzene rings is 1. The first-order valence-corrected chi connectivity index (χ1v) is 8.38. The Labute approximate surface area is 159 Å². The third-order valence-corrected chi connectivity index (χ3v) is 4.56. The van der Waals surface area contributed by atoms with E-state index in [1.54, 1.807) is 24.3 Å². The summed E-state index contributed by atoms with van der Waals surface area (Å²) in [4.78, 5) is 38.3. The highest BCUT2D eigenvalue weighted by molar-refractivity contribution is 6.21. The van der Waals surface area contributed by atoms with Crippen molar-refractivity contribution in [1.82, 2.24) is 15.5 Å². The number of fused-ring (bicyclic) bond motifs is 1. The van der Waals surface area contributed by atoms with Crippen molar-refractivity contribution in [3.63, 3.8) is 0 Å². The first-order chi connectivity index (χ1) is 11.6. The van der Waals surface area contributed by atoms with Gasteiger partial charge < -0.3 is 5.32 Å². The van der Waals surface area contributed by atoms with Crippen LogP contribution in [0.3, 0.4) is 0 Å². The molecule has 0 spiro atoms. The molecule has 0 radical (unpaired) electrons. The second-order valence-corrected chi connectivity index (χ2v) is 7.59. The second kappa shape index (κ2) is 6.85. The lowest BCUT2D eigenvalue weighted by Crippen LogP contribution is -2.48. The minimum atomic E-state index is -0.427. The van der Waals surface area contributed by atoms with Crippen LogP contribution in [0.5, 0.6) is 0 Å². The zero-order valence-electron chi connectivity index (χ0n) is 15.4. The predicted molar refractivity (Wildman–Crippen MR) is 101 cm³/mol. The number of hydrogen-bond donors (Lipinski definition) is 2. The summed E-state index contributed by atoms with van der Waals surface area (Å²) in [6, 6.07) is 6.76. The minimum absolute atomic E-state index is 0. The molecule has 2 N–H and O–H groups in total. The molecule has 1 aromatic carbocycles. The van der Waals surface area contributed by atoms with Gasteiger partial charge in [0.15, 0.2) is 0 Å². The monoisotopic (exact) mass is 377 g/mol. The Morgan fingerprint density at radius 3 is 2.08 bits per heavy atom. The van der Waals surface area contributed by atoms with Gasteiger partial charge >= 0.3 is 0 Å². The highest BCUT2D eigenvalue weighted by Crippen LogP contribution is 2.29. The first kappa shape index (κ1) is 20.1. The summed E-state index contributed by atoms with van der Waals surface area (Å²) in [7, 11) is 0. The Hall–Kier alpha value is -2.18. The maximum Gasteiger partial charge on any atom is 0.261 e. The van der Waals surface area contributed by atoms with Crippen molar-refractivity contribution in [3.8, 4) is 0 Å². The molecule has 140 valence electrons. The molecule has 0 fully saturated rings. The Morgan fingerprint density at radius 2 is 1.62 bits per heavy atom. The van der Waals surface area contributed by atoms with Crippen LogP contribution in [-0.4, -0.2) is 46.8 Å². The summed E-state index contributed by atoms with van der Waals surface area (Å²) >= 11 is 0. The average Bonchev–Trinajstić information content (AvgIpc) is 2.90. The van der Waals surface area contributed by atoms with Gasteiger partial charge in [-0.15, -0.1) is 12.4 Å². The number of nitrogens with one attached hydrogen (secondary N) is 2. The first-order valence-electron chi connectivity index (χ1n) is 8.38. The molecule has 3 rings (SSSR count). The molecule has 6 nitrogen and oxygen atoms in total. The van der Waals surface area contributed by atoms with Crippen LogP contribution in [0, 0.1) is 0 Å². The van der Waals surface area contributed by atoms with Gasteiger partial charge in [0.2, 0.25) is 5.91 Å². The zero-order chi connectivity index (χ0) is 18.4. The Bertz CT molecular complexity index is 764. The number of amides is 3. The van der Waals surface area contributed by atoms with Gasteiger partial charge in [-0.1, -0.05) is 18.2 Å². The topological polar surface area (TPSA) is 78.5 Å². The summed E-state index contributed by atoms with van der Waals surface area (Å²) in [5.41, 5.74) is 0.829. The molecule has 0 aromatic heterocycles. The van der Waals surface area contributed by atoms with Gasteiger partial charge in [-0.05, 0) is 39.8 Å². The van der Waals surface area contributed by atoms with Gasteiger partial charge in [0.1, 0.15) is 0 Å². The third-order valence-electron chi connectivity index (χ3n) is 4.56. The van der Waals surface area contributed by atoms with Crippen LogP contribution in [0.4, 0.5) is 0 Å². The molecule has 0 unspecified atom stereocenters. The van der Waals surface area contributed by atoms with Gasteiger partial charge in [-0.3, -0.25) is 24.6 Å². The summed E-state index contributed by atoms with van der Waals surface area (Å²) < 4.78 is 0. The fourth-order valence-corrected chi connectivity index (χ4v) is 3.62. The number of nitrogens with zero attached hydrogens (tertiary/aromatic N) is 1. The van der Waals surface area contributed by atoms with E-state index in [-0.39, 0.29) is 48.8 Å². The van der Waals surface area contributed by atoms with E-state index >= 15 is 0 Å². The van der Waals surface area contributed by atoms with E-state index < -0.39 is 5.54 Å². The van der Waals surface area contributed by atoms with Crippen LogP contribution < -0.4 is 10.6 Å². The lowest BCUT2D eigenvalue weighted by molar-refractivity contribution is -0.118. The molecular formula is C19H24ClN3O3. The molecule has 0 aliphatic carbocycles. The second-order valence-electron chi connectivity index (χ2n) is 7.59. The molecule has 0 saturated carbocycles. The molecule has 3 amide bonds. The molecule has 0 saturated heterocycles. The lowest BCUT2D eigenvalue weighted by Gasteiger charge is -2.27. The van der Waals surface area contributed by atoms with Crippen molar-refractivity contribution in [3.05, 3.63) is 47.0 Å². The van der Waals surface area contributed by atoms with E-state index in [2.05, 4.69) is 10.6 Å². The smallest absolute Gasteiger partial charge is 0.261 e. The SMILES string of the molecule is CC1(C)C=C(C(=O)NCCN2C(=O)c3ccccc3C2=O)C(C)(C)N1.Cl. The van der Waals surface area contributed by atoms with Gasteiger partial charge in [0.05, 0.1) is 11.1 Å². The van der Waals surface area contributed by atoms with Crippen LogP contribution in [0.25, 0.3) is 0 Å². The van der Waals surface area contributed by atoms with Crippen molar-refractivity contribution in [2.75, 3.05) is 13.1 Å². The maximum absolute atomic E-state index is 12.5. The van der Waals surface area contributed by atoms with Crippen LogP contribution in [0.1, 0.15) is 48.4 Å². The largest absolute Gasteiger partial charge is 0.350 e. The number of imide groups is 1. The molecular weight excluding hydrogens is 354 g/mol. The highest BCUT2D eigenvalue weighted by atomic mass is 35.5. The molecule has 2 aliphatic heterocycles. The number of carbonyl (C=O) groups excluding carboxylic acids is 3. The van der Waals surface area contributed by atoms with E-state index in [9.17, 15) is 14.4 Å². The van der Waals surface area contributed by atoms with E-state index in [0.29, 0.717) is 16.7 Å². The quantitative estimate of drug-likeness (QED) is 0.785. The van der Waals surface area contributed by atoms with Crippen molar-refractivity contribution >= 4 is 30.1 Å². The summed E-state index contributed by atoms with van der Waals surface area (Å²) in [6.45, 7) is 8.30. The van der Waals surface area contributed by atoms with Crippen molar-refractivity contribution in [2.24, 2.45) is 0 Å². The van der Waals surface area contributed by atoms with E-state index in [1.807, 2.05) is 33.8 Å². The molecule has 0 bridgehead atoms. The molecule has 0 atom stereocenters. The van der Waals surface area contributed by atoms with Crippen LogP contribution >= 0.6 is 12.4 Å². The Balaban J connectivity index is 0.00000243.